The lowest BCUT2D eigenvalue weighted by Gasteiger charge is -2.05. The highest BCUT2D eigenvalue weighted by Crippen LogP contribution is 2.22. The predicted molar refractivity (Wildman–Crippen MR) is 102 cm³/mol. The number of methoxy groups -OCH3 is 1. The van der Waals surface area contributed by atoms with Gasteiger partial charge in [-0.15, -0.1) is 0 Å². The smallest absolute Gasteiger partial charge is 0.252 e. The Morgan fingerprint density at radius 3 is 2.56 bits per heavy atom. The zero-order valence-corrected chi connectivity index (χ0v) is 15.8. The topological polar surface area (TPSA) is 43.6 Å². The second kappa shape index (κ2) is 7.23. The van der Waals surface area contributed by atoms with Crippen molar-refractivity contribution in [1.29, 1.82) is 0 Å². The van der Waals surface area contributed by atoms with Crippen LogP contribution in [0.2, 0.25) is 0 Å². The third-order valence-electron chi connectivity index (χ3n) is 4.24. The molecule has 130 valence electrons. The summed E-state index contributed by atoms with van der Waals surface area (Å²) in [4.78, 5) is 17.4. The number of thiazole rings is 1. The van der Waals surface area contributed by atoms with Gasteiger partial charge in [-0.1, -0.05) is 49.4 Å². The molecule has 5 heteroatoms. The highest BCUT2D eigenvalue weighted by Gasteiger charge is 2.07. The van der Waals surface area contributed by atoms with Crippen molar-refractivity contribution in [3.05, 3.63) is 58.4 Å². The third-order valence-corrected chi connectivity index (χ3v) is 5.33. The van der Waals surface area contributed by atoms with E-state index in [0.717, 1.165) is 21.5 Å². The lowest BCUT2D eigenvalue weighted by atomic mass is 10.0. The average molecular weight is 354 g/mol. The third kappa shape index (κ3) is 3.82. The number of carbonyl (C=O) groups excluding carboxylic acids is 1. The molecule has 2 aromatic carbocycles. The maximum Gasteiger partial charge on any atom is 0.252 e. The van der Waals surface area contributed by atoms with Crippen LogP contribution in [0.25, 0.3) is 10.2 Å². The number of aryl methyl sites for hydroxylation is 1. The summed E-state index contributed by atoms with van der Waals surface area (Å²) in [5.41, 5.74) is 3.31. The Hall–Kier alpha value is -2.40. The number of aromatic nitrogens is 1. The zero-order valence-electron chi connectivity index (χ0n) is 14.9. The number of carbonyl (C=O) groups is 1. The number of ether oxygens (including phenoxy) is 1. The molecule has 0 radical (unpaired) electrons. The molecule has 0 N–H and O–H groups in total. The normalized spacial score (nSPS) is 12.1. The van der Waals surface area contributed by atoms with E-state index < -0.39 is 0 Å². The van der Waals surface area contributed by atoms with E-state index in [1.165, 1.54) is 16.9 Å². The molecule has 1 heterocycles. The Balaban J connectivity index is 1.85. The van der Waals surface area contributed by atoms with Crippen LogP contribution in [-0.2, 0) is 18.3 Å². The molecule has 0 unspecified atom stereocenters. The summed E-state index contributed by atoms with van der Waals surface area (Å²) < 4.78 is 8.25. The first kappa shape index (κ1) is 17.4. The minimum absolute atomic E-state index is 0.133. The van der Waals surface area contributed by atoms with Gasteiger partial charge in [-0.3, -0.25) is 4.79 Å². The highest BCUT2D eigenvalue weighted by atomic mass is 32.1. The van der Waals surface area contributed by atoms with Crippen LogP contribution < -0.4 is 9.54 Å². The monoisotopic (exact) mass is 354 g/mol. The van der Waals surface area contributed by atoms with Crippen LogP contribution in [-0.4, -0.2) is 17.6 Å². The van der Waals surface area contributed by atoms with Gasteiger partial charge in [0.2, 0.25) is 0 Å². The fraction of sp³-hybridized carbons (Fsp3) is 0.300. The number of benzene rings is 2. The van der Waals surface area contributed by atoms with Crippen LogP contribution in [0.5, 0.6) is 5.75 Å². The maximum atomic E-state index is 12.4. The minimum Gasteiger partial charge on any atom is -0.497 e. The van der Waals surface area contributed by atoms with Gasteiger partial charge in [0.1, 0.15) is 5.75 Å². The molecule has 3 aromatic rings. The molecule has 0 saturated carbocycles. The number of amides is 1. The molecule has 1 aromatic heterocycles. The van der Waals surface area contributed by atoms with Crippen LogP contribution >= 0.6 is 11.3 Å². The second-order valence-corrected chi connectivity index (χ2v) is 7.37. The first-order chi connectivity index (χ1) is 12.0. The van der Waals surface area contributed by atoms with Crippen molar-refractivity contribution in [2.75, 3.05) is 7.11 Å². The van der Waals surface area contributed by atoms with Gasteiger partial charge in [-0.25, -0.2) is 0 Å². The van der Waals surface area contributed by atoms with Crippen LogP contribution in [0.4, 0.5) is 0 Å². The molecule has 0 saturated heterocycles. The summed E-state index contributed by atoms with van der Waals surface area (Å²) in [6.07, 6.45) is 0.315. The lowest BCUT2D eigenvalue weighted by Crippen LogP contribution is -2.14. The molecule has 0 aliphatic rings. The number of fused-ring (bicyclic) bond motifs is 1. The summed E-state index contributed by atoms with van der Waals surface area (Å²) in [5, 5.41) is 0. The Morgan fingerprint density at radius 1 is 1.20 bits per heavy atom. The second-order valence-electron chi connectivity index (χ2n) is 6.36. The van der Waals surface area contributed by atoms with Crippen molar-refractivity contribution in [3.8, 4) is 5.75 Å². The van der Waals surface area contributed by atoms with Gasteiger partial charge in [0.25, 0.3) is 5.91 Å². The molecule has 0 atom stereocenters. The number of nitrogens with zero attached hydrogens (tertiary/aromatic N) is 2. The van der Waals surface area contributed by atoms with Crippen molar-refractivity contribution >= 4 is 27.5 Å². The van der Waals surface area contributed by atoms with E-state index in [-0.39, 0.29) is 5.91 Å². The van der Waals surface area contributed by atoms with E-state index >= 15 is 0 Å². The van der Waals surface area contributed by atoms with Gasteiger partial charge >= 0.3 is 0 Å². The SMILES string of the molecule is COc1ccc2c(c1)sc(=NC(=O)Cc1ccc(C(C)C)cc1)n2C. The summed E-state index contributed by atoms with van der Waals surface area (Å²) in [6.45, 7) is 4.32. The van der Waals surface area contributed by atoms with Crippen LogP contribution in [0.15, 0.2) is 47.5 Å². The van der Waals surface area contributed by atoms with E-state index in [9.17, 15) is 4.79 Å². The summed E-state index contributed by atoms with van der Waals surface area (Å²) in [7, 11) is 3.57. The van der Waals surface area contributed by atoms with Gasteiger partial charge in [-0.2, -0.15) is 4.99 Å². The Morgan fingerprint density at radius 2 is 1.92 bits per heavy atom. The van der Waals surface area contributed by atoms with E-state index in [0.29, 0.717) is 17.1 Å². The lowest BCUT2D eigenvalue weighted by molar-refractivity contribution is -0.117. The first-order valence-corrected chi connectivity index (χ1v) is 9.09. The van der Waals surface area contributed by atoms with E-state index in [4.69, 9.17) is 4.74 Å². The largest absolute Gasteiger partial charge is 0.497 e. The average Bonchev–Trinajstić information content (AvgIpc) is 2.90. The van der Waals surface area contributed by atoms with Crippen LogP contribution in [0.1, 0.15) is 30.9 Å². The molecule has 0 aliphatic heterocycles. The van der Waals surface area contributed by atoms with Crippen molar-refractivity contribution in [2.24, 2.45) is 12.0 Å². The van der Waals surface area contributed by atoms with Crippen molar-refractivity contribution in [2.45, 2.75) is 26.2 Å². The van der Waals surface area contributed by atoms with E-state index in [1.807, 2.05) is 41.9 Å². The zero-order chi connectivity index (χ0) is 18.0. The van der Waals surface area contributed by atoms with Crippen LogP contribution in [0.3, 0.4) is 0 Å². The van der Waals surface area contributed by atoms with E-state index in [2.05, 4.69) is 31.0 Å². The molecule has 1 amide bonds. The minimum atomic E-state index is -0.133. The van der Waals surface area contributed by atoms with Crippen LogP contribution in [0, 0.1) is 0 Å². The number of rotatable bonds is 4. The molecular formula is C20H22N2O2S. The predicted octanol–water partition coefficient (Wildman–Crippen LogP) is 4.04. The summed E-state index contributed by atoms with van der Waals surface area (Å²) in [6, 6.07) is 14.1. The van der Waals surface area contributed by atoms with Gasteiger partial charge in [0, 0.05) is 7.05 Å². The van der Waals surface area contributed by atoms with Gasteiger partial charge in [0.15, 0.2) is 4.80 Å². The Labute approximate surface area is 151 Å². The molecule has 3 rings (SSSR count). The molecule has 4 nitrogen and oxygen atoms in total. The highest BCUT2D eigenvalue weighted by molar-refractivity contribution is 7.16. The molecule has 0 bridgehead atoms. The fourth-order valence-corrected chi connectivity index (χ4v) is 3.75. The molecular weight excluding hydrogens is 332 g/mol. The molecule has 0 aliphatic carbocycles. The van der Waals surface area contributed by atoms with Crippen molar-refractivity contribution in [3.63, 3.8) is 0 Å². The van der Waals surface area contributed by atoms with Gasteiger partial charge in [-0.05, 0) is 35.2 Å². The molecule has 0 fully saturated rings. The summed E-state index contributed by atoms with van der Waals surface area (Å²) >= 11 is 1.49. The Kier molecular flexibility index (Phi) is 5.04. The Bertz CT molecular complexity index is 966. The first-order valence-electron chi connectivity index (χ1n) is 8.28. The molecule has 0 spiro atoms. The maximum absolute atomic E-state index is 12.4. The quantitative estimate of drug-likeness (QED) is 0.710. The van der Waals surface area contributed by atoms with Gasteiger partial charge in [0.05, 0.1) is 23.7 Å². The fourth-order valence-electron chi connectivity index (χ4n) is 2.69. The van der Waals surface area contributed by atoms with Crippen molar-refractivity contribution in [1.82, 2.24) is 4.57 Å². The number of hydrogen-bond donors (Lipinski definition) is 0. The standard InChI is InChI=1S/C20H22N2O2S/c1-13(2)15-7-5-14(6-8-15)11-19(23)21-20-22(3)17-10-9-16(24-4)12-18(17)25-20/h5-10,12-13H,11H2,1-4H3. The number of hydrogen-bond acceptors (Lipinski definition) is 3. The summed E-state index contributed by atoms with van der Waals surface area (Å²) in [5.74, 6) is 1.16. The van der Waals surface area contributed by atoms with Crippen molar-refractivity contribution < 1.29 is 9.53 Å². The molecule has 25 heavy (non-hydrogen) atoms. The van der Waals surface area contributed by atoms with Gasteiger partial charge < -0.3 is 9.30 Å². The van der Waals surface area contributed by atoms with E-state index in [1.54, 1.807) is 7.11 Å².